The standard InChI is InChI=1S/C10H16F3N5/c1-17-8(10(11,12)13)7(15-16-17)2-18-5-9(6-18)3-14-4-9/h14-16H,2-6H2,1H3. The minimum atomic E-state index is -4.33. The van der Waals surface area contributed by atoms with Crippen molar-refractivity contribution in [2.75, 3.05) is 39.8 Å². The van der Waals surface area contributed by atoms with E-state index >= 15 is 0 Å². The van der Waals surface area contributed by atoms with Crippen LogP contribution in [0.25, 0.3) is 0 Å². The maximum absolute atomic E-state index is 12.9. The van der Waals surface area contributed by atoms with Gasteiger partial charge >= 0.3 is 6.18 Å². The number of nitrogens with zero attached hydrogens (tertiary/aromatic N) is 2. The third-order valence-electron chi connectivity index (χ3n) is 3.76. The van der Waals surface area contributed by atoms with Crippen LogP contribution in [-0.2, 0) is 0 Å². The van der Waals surface area contributed by atoms with E-state index in [0.717, 1.165) is 31.2 Å². The highest BCUT2D eigenvalue weighted by Gasteiger charge is 2.49. The first-order valence-corrected chi connectivity index (χ1v) is 5.88. The summed E-state index contributed by atoms with van der Waals surface area (Å²) in [5, 5.41) is 4.19. The van der Waals surface area contributed by atoms with E-state index < -0.39 is 11.9 Å². The fourth-order valence-corrected chi connectivity index (χ4v) is 2.88. The fraction of sp³-hybridized carbons (Fsp3) is 0.800. The second kappa shape index (κ2) is 3.75. The van der Waals surface area contributed by atoms with Crippen molar-refractivity contribution in [2.24, 2.45) is 5.41 Å². The van der Waals surface area contributed by atoms with Gasteiger partial charge in [0.15, 0.2) is 5.70 Å². The number of nitrogens with one attached hydrogen (secondary N) is 3. The number of alkyl halides is 3. The van der Waals surface area contributed by atoms with Gasteiger partial charge in [-0.2, -0.15) is 13.2 Å². The number of rotatable bonds is 2. The molecule has 0 aliphatic carbocycles. The molecule has 0 aromatic heterocycles. The lowest BCUT2D eigenvalue weighted by Gasteiger charge is -2.56. The molecule has 102 valence electrons. The summed E-state index contributed by atoms with van der Waals surface area (Å²) < 4.78 is 38.6. The molecule has 2 fully saturated rings. The summed E-state index contributed by atoms with van der Waals surface area (Å²) in [5.74, 6) is 0. The summed E-state index contributed by atoms with van der Waals surface area (Å²) in [4.78, 5) is 2.04. The number of hydrogen-bond acceptors (Lipinski definition) is 5. The predicted octanol–water partition coefficient (Wildman–Crippen LogP) is -0.380. The molecule has 0 atom stereocenters. The van der Waals surface area contributed by atoms with Crippen molar-refractivity contribution in [2.45, 2.75) is 6.18 Å². The molecular formula is C10H16F3N5. The molecular weight excluding hydrogens is 247 g/mol. The summed E-state index contributed by atoms with van der Waals surface area (Å²) in [6, 6.07) is 0. The second-order valence-corrected chi connectivity index (χ2v) is 5.37. The minimum absolute atomic E-state index is 0.201. The molecule has 3 rings (SSSR count). The van der Waals surface area contributed by atoms with Crippen LogP contribution in [0, 0.1) is 5.41 Å². The zero-order valence-corrected chi connectivity index (χ0v) is 10.1. The van der Waals surface area contributed by atoms with Crippen LogP contribution in [0.4, 0.5) is 13.2 Å². The van der Waals surface area contributed by atoms with Crippen LogP contribution in [0.15, 0.2) is 11.4 Å². The van der Waals surface area contributed by atoms with Crippen molar-refractivity contribution >= 4 is 0 Å². The number of hydrazine groups is 2. The molecule has 18 heavy (non-hydrogen) atoms. The Balaban J connectivity index is 1.66. The van der Waals surface area contributed by atoms with E-state index in [-0.39, 0.29) is 5.70 Å². The molecule has 3 aliphatic rings. The SMILES string of the molecule is CN1NNC(CN2CC3(CNC3)C2)=C1C(F)(F)F. The van der Waals surface area contributed by atoms with Crippen molar-refractivity contribution in [1.29, 1.82) is 0 Å². The van der Waals surface area contributed by atoms with Crippen molar-refractivity contribution in [3.8, 4) is 0 Å². The van der Waals surface area contributed by atoms with Gasteiger partial charge < -0.3 is 10.7 Å². The summed E-state index contributed by atoms with van der Waals surface area (Å²) >= 11 is 0. The Hall–Kier alpha value is -0.990. The zero-order valence-electron chi connectivity index (χ0n) is 10.1. The second-order valence-electron chi connectivity index (χ2n) is 5.37. The molecule has 3 aliphatic heterocycles. The number of hydrogen-bond donors (Lipinski definition) is 3. The third kappa shape index (κ3) is 1.84. The maximum atomic E-state index is 12.9. The lowest BCUT2D eigenvalue weighted by Crippen LogP contribution is -2.71. The van der Waals surface area contributed by atoms with Gasteiger partial charge in [-0.25, -0.2) is 0 Å². The highest BCUT2D eigenvalue weighted by molar-refractivity contribution is 5.21. The topological polar surface area (TPSA) is 42.6 Å². The van der Waals surface area contributed by atoms with E-state index in [1.54, 1.807) is 0 Å². The fourth-order valence-electron chi connectivity index (χ4n) is 2.88. The molecule has 5 nitrogen and oxygen atoms in total. The molecule has 0 bridgehead atoms. The van der Waals surface area contributed by atoms with E-state index in [4.69, 9.17) is 0 Å². The average Bonchev–Trinajstić information content (AvgIpc) is 2.48. The molecule has 2 saturated heterocycles. The van der Waals surface area contributed by atoms with Crippen molar-refractivity contribution in [1.82, 2.24) is 26.2 Å². The molecule has 1 spiro atoms. The Kier molecular flexibility index (Phi) is 2.51. The Morgan fingerprint density at radius 2 is 1.94 bits per heavy atom. The van der Waals surface area contributed by atoms with Crippen molar-refractivity contribution in [3.05, 3.63) is 11.4 Å². The Labute approximate surface area is 103 Å². The van der Waals surface area contributed by atoms with Crippen LogP contribution >= 0.6 is 0 Å². The van der Waals surface area contributed by atoms with E-state index in [1.807, 2.05) is 4.90 Å². The van der Waals surface area contributed by atoms with Crippen LogP contribution in [-0.4, -0.2) is 55.9 Å². The van der Waals surface area contributed by atoms with Crippen molar-refractivity contribution < 1.29 is 13.2 Å². The molecule has 0 aromatic rings. The lowest BCUT2D eigenvalue weighted by atomic mass is 9.74. The highest BCUT2D eigenvalue weighted by Crippen LogP contribution is 2.36. The van der Waals surface area contributed by atoms with Gasteiger partial charge in [-0.05, 0) is 0 Å². The number of halogens is 3. The van der Waals surface area contributed by atoms with E-state index in [0.29, 0.717) is 12.0 Å². The summed E-state index contributed by atoms with van der Waals surface area (Å²) in [7, 11) is 1.36. The molecule has 0 amide bonds. The van der Waals surface area contributed by atoms with Gasteiger partial charge in [-0.15, -0.1) is 5.53 Å². The smallest absolute Gasteiger partial charge is 0.315 e. The van der Waals surface area contributed by atoms with Gasteiger partial charge in [0, 0.05) is 45.2 Å². The Morgan fingerprint density at radius 1 is 1.28 bits per heavy atom. The largest absolute Gasteiger partial charge is 0.434 e. The summed E-state index contributed by atoms with van der Waals surface area (Å²) in [6.45, 7) is 4.04. The highest BCUT2D eigenvalue weighted by atomic mass is 19.4. The summed E-state index contributed by atoms with van der Waals surface area (Å²) in [6.07, 6.45) is -4.33. The van der Waals surface area contributed by atoms with E-state index in [9.17, 15) is 13.2 Å². The van der Waals surface area contributed by atoms with E-state index in [1.165, 1.54) is 7.05 Å². The zero-order chi connectivity index (χ0) is 13.0. The number of allylic oxidation sites excluding steroid dienone is 1. The summed E-state index contributed by atoms with van der Waals surface area (Å²) in [5.41, 5.74) is 4.98. The van der Waals surface area contributed by atoms with Gasteiger partial charge in [0.05, 0.1) is 5.70 Å². The molecule has 0 unspecified atom stereocenters. The van der Waals surface area contributed by atoms with Gasteiger partial charge in [0.2, 0.25) is 0 Å². The molecule has 3 N–H and O–H groups in total. The molecule has 8 heteroatoms. The van der Waals surface area contributed by atoms with Crippen molar-refractivity contribution in [3.63, 3.8) is 0 Å². The quantitative estimate of drug-likeness (QED) is 0.634. The first kappa shape index (κ1) is 12.1. The molecule has 3 heterocycles. The molecule has 0 saturated carbocycles. The monoisotopic (exact) mass is 263 g/mol. The van der Waals surface area contributed by atoms with Gasteiger partial charge in [-0.3, -0.25) is 9.91 Å². The molecule has 0 radical (unpaired) electrons. The van der Waals surface area contributed by atoms with Crippen LogP contribution in [0.2, 0.25) is 0 Å². The Bertz CT molecular complexity index is 379. The van der Waals surface area contributed by atoms with Crippen LogP contribution in [0.3, 0.4) is 0 Å². The van der Waals surface area contributed by atoms with Gasteiger partial charge in [0.1, 0.15) is 0 Å². The van der Waals surface area contributed by atoms with Crippen LogP contribution in [0.1, 0.15) is 0 Å². The lowest BCUT2D eigenvalue weighted by molar-refractivity contribution is -0.111. The normalized spacial score (nSPS) is 27.2. The van der Waals surface area contributed by atoms with Crippen LogP contribution in [0.5, 0.6) is 0 Å². The van der Waals surface area contributed by atoms with Gasteiger partial charge in [-0.1, -0.05) is 0 Å². The van der Waals surface area contributed by atoms with Crippen LogP contribution < -0.4 is 16.3 Å². The average molecular weight is 263 g/mol. The first-order chi connectivity index (χ1) is 8.40. The van der Waals surface area contributed by atoms with Gasteiger partial charge in [0.25, 0.3) is 0 Å². The Morgan fingerprint density at radius 3 is 2.44 bits per heavy atom. The minimum Gasteiger partial charge on any atom is -0.315 e. The first-order valence-electron chi connectivity index (χ1n) is 5.88. The number of likely N-dealkylation sites (tertiary alicyclic amines) is 1. The molecule has 0 aromatic carbocycles. The van der Waals surface area contributed by atoms with E-state index in [2.05, 4.69) is 16.3 Å². The maximum Gasteiger partial charge on any atom is 0.434 e. The third-order valence-corrected chi connectivity index (χ3v) is 3.76. The predicted molar refractivity (Wildman–Crippen MR) is 58.9 cm³/mol.